The average Bonchev–Trinajstić information content (AvgIpc) is 4.17. The third kappa shape index (κ3) is 10.7. The zero-order valence-corrected chi connectivity index (χ0v) is 38.0. The number of nitrogens with one attached hydrogen (secondary N) is 3. The summed E-state index contributed by atoms with van der Waals surface area (Å²) >= 11 is 0. The lowest BCUT2D eigenvalue weighted by Crippen LogP contribution is -2.62. The van der Waals surface area contributed by atoms with Crippen molar-refractivity contribution < 1.29 is 38.4 Å². The molecule has 4 fully saturated rings. The van der Waals surface area contributed by atoms with Crippen LogP contribution in [0.4, 0.5) is 4.79 Å². The van der Waals surface area contributed by atoms with Gasteiger partial charge in [-0.3, -0.25) is 33.6 Å². The van der Waals surface area contributed by atoms with Gasteiger partial charge in [0.2, 0.25) is 40.9 Å². The largest absolute Gasteiger partial charge is 0.344 e. The van der Waals surface area contributed by atoms with Crippen LogP contribution in [-0.2, 0) is 46.5 Å². The van der Waals surface area contributed by atoms with Crippen LogP contribution in [0.2, 0.25) is 0 Å². The fraction of sp³-hybridized carbons (Fsp3) is 0.673. The molecule has 0 spiro atoms. The number of ketones is 4. The van der Waals surface area contributed by atoms with E-state index in [1.165, 1.54) is 10.5 Å². The van der Waals surface area contributed by atoms with Gasteiger partial charge in [0.15, 0.2) is 0 Å². The number of hydrogen-bond donors (Lipinski definition) is 3. The fourth-order valence-corrected chi connectivity index (χ4v) is 9.97. The molecule has 0 radical (unpaired) electrons. The first-order valence-corrected chi connectivity index (χ1v) is 23.0. The van der Waals surface area contributed by atoms with Crippen LogP contribution in [0.15, 0.2) is 36.4 Å². The second-order valence-electron chi connectivity index (χ2n) is 21.0. The zero-order chi connectivity index (χ0) is 45.3. The predicted molar refractivity (Wildman–Crippen MR) is 234 cm³/mol. The number of nitrogens with zero attached hydrogens (tertiary/aromatic N) is 2. The SMILES string of the molecule is C=C(C(=O)C(=O)C(CCC)NC(=O)C1CC(C2CC2C(=O)N2CCc3ccccc3C2)CN1C(=O)C(NC(=O)NC1(CC(=O)C(=O)C(C)(C)C)CCCCC1)C(C)(C)C)C1CC1. The van der Waals surface area contributed by atoms with Crippen molar-refractivity contribution in [3.8, 4) is 0 Å². The number of benzene rings is 1. The average molecular weight is 856 g/mol. The summed E-state index contributed by atoms with van der Waals surface area (Å²) < 4.78 is 0. The Morgan fingerprint density at radius 1 is 0.887 bits per heavy atom. The Balaban J connectivity index is 1.22. The number of amides is 5. The van der Waals surface area contributed by atoms with Gasteiger partial charge in [-0.25, -0.2) is 4.79 Å². The van der Waals surface area contributed by atoms with Crippen molar-refractivity contribution in [1.29, 1.82) is 0 Å². The van der Waals surface area contributed by atoms with E-state index in [1.54, 1.807) is 20.8 Å². The molecule has 0 bridgehead atoms. The molecule has 1 aromatic rings. The summed E-state index contributed by atoms with van der Waals surface area (Å²) in [6.07, 6.45) is 7.36. The Morgan fingerprint density at radius 3 is 2.16 bits per heavy atom. The highest BCUT2D eigenvalue weighted by Gasteiger charge is 2.55. The van der Waals surface area contributed by atoms with Gasteiger partial charge in [0, 0.05) is 42.9 Å². The van der Waals surface area contributed by atoms with E-state index >= 15 is 0 Å². The summed E-state index contributed by atoms with van der Waals surface area (Å²) in [5.41, 5.74) is -0.0205. The fourth-order valence-electron chi connectivity index (χ4n) is 9.97. The predicted octanol–water partition coefficient (Wildman–Crippen LogP) is 5.81. The molecule has 1 aromatic carbocycles. The van der Waals surface area contributed by atoms with Gasteiger partial charge in [0.05, 0.1) is 6.04 Å². The van der Waals surface area contributed by atoms with Crippen LogP contribution in [-0.4, -0.2) is 93.4 Å². The Morgan fingerprint density at radius 2 is 1.55 bits per heavy atom. The van der Waals surface area contributed by atoms with Crippen molar-refractivity contribution in [1.82, 2.24) is 25.8 Å². The maximum absolute atomic E-state index is 15.0. The molecular formula is C49H69N5O8. The van der Waals surface area contributed by atoms with Crippen LogP contribution in [0.5, 0.6) is 0 Å². The Hall–Kier alpha value is -4.68. The highest BCUT2D eigenvalue weighted by Crippen LogP contribution is 2.50. The monoisotopic (exact) mass is 856 g/mol. The molecule has 1 saturated heterocycles. The number of likely N-dealkylation sites (tertiary alicyclic amines) is 1. The van der Waals surface area contributed by atoms with E-state index in [2.05, 4.69) is 34.7 Å². The van der Waals surface area contributed by atoms with Gasteiger partial charge in [-0.15, -0.1) is 0 Å². The maximum atomic E-state index is 15.0. The second kappa shape index (κ2) is 18.6. The van der Waals surface area contributed by atoms with E-state index in [4.69, 9.17) is 0 Å². The van der Waals surface area contributed by atoms with Crippen LogP contribution in [0.3, 0.4) is 0 Å². The van der Waals surface area contributed by atoms with Crippen LogP contribution < -0.4 is 16.0 Å². The van der Waals surface area contributed by atoms with Gasteiger partial charge in [0.1, 0.15) is 12.1 Å². The molecule has 0 aromatic heterocycles. The zero-order valence-electron chi connectivity index (χ0n) is 38.0. The third-order valence-electron chi connectivity index (χ3n) is 13.9. The van der Waals surface area contributed by atoms with Crippen molar-refractivity contribution in [2.75, 3.05) is 13.1 Å². The van der Waals surface area contributed by atoms with E-state index in [1.807, 2.05) is 44.7 Å². The third-order valence-corrected chi connectivity index (χ3v) is 13.9. The first-order chi connectivity index (χ1) is 29.1. The minimum atomic E-state index is -1.12. The van der Waals surface area contributed by atoms with E-state index in [-0.39, 0.29) is 61.0 Å². The topological polar surface area (TPSA) is 179 Å². The highest BCUT2D eigenvalue weighted by molar-refractivity contribution is 6.45. The summed E-state index contributed by atoms with van der Waals surface area (Å²) in [5.74, 6) is -3.93. The van der Waals surface area contributed by atoms with E-state index in [0.717, 1.165) is 44.1 Å². The molecule has 338 valence electrons. The number of rotatable bonds is 16. The summed E-state index contributed by atoms with van der Waals surface area (Å²) in [4.78, 5) is 114. The van der Waals surface area contributed by atoms with Crippen molar-refractivity contribution in [3.63, 3.8) is 0 Å². The van der Waals surface area contributed by atoms with Gasteiger partial charge in [-0.2, -0.15) is 0 Å². The van der Waals surface area contributed by atoms with Crippen LogP contribution >= 0.6 is 0 Å². The molecular weight excluding hydrogens is 787 g/mol. The summed E-state index contributed by atoms with van der Waals surface area (Å²) in [6, 6.07) is 4.25. The maximum Gasteiger partial charge on any atom is 0.315 e. The molecule has 13 heteroatoms. The number of carbonyl (C=O) groups is 8. The highest BCUT2D eigenvalue weighted by atomic mass is 16.2. The number of Topliss-reactive ketones (excluding diaryl/α,β-unsaturated/α-hetero) is 4. The Kier molecular flexibility index (Phi) is 14.0. The minimum absolute atomic E-state index is 0.0134. The summed E-state index contributed by atoms with van der Waals surface area (Å²) in [7, 11) is 0. The molecule has 62 heavy (non-hydrogen) atoms. The quantitative estimate of drug-likeness (QED) is 0.138. The van der Waals surface area contributed by atoms with E-state index in [0.29, 0.717) is 38.8 Å². The number of fused-ring (bicyclic) bond motifs is 1. The molecule has 6 unspecified atom stereocenters. The summed E-state index contributed by atoms with van der Waals surface area (Å²) in [5, 5.41) is 8.81. The number of urea groups is 1. The van der Waals surface area contributed by atoms with Crippen LogP contribution in [0, 0.1) is 34.5 Å². The summed E-state index contributed by atoms with van der Waals surface area (Å²) in [6.45, 7) is 17.6. The molecule has 6 atom stereocenters. The first-order valence-electron chi connectivity index (χ1n) is 23.0. The molecule has 5 amide bonds. The molecule has 13 nitrogen and oxygen atoms in total. The van der Waals surface area contributed by atoms with E-state index in [9.17, 15) is 38.4 Å². The van der Waals surface area contributed by atoms with Gasteiger partial charge >= 0.3 is 6.03 Å². The van der Waals surface area contributed by atoms with E-state index < -0.39 is 75.5 Å². The molecule has 5 aliphatic rings. The molecule has 3 saturated carbocycles. The van der Waals surface area contributed by atoms with Crippen molar-refractivity contribution >= 4 is 46.9 Å². The second-order valence-corrected chi connectivity index (χ2v) is 21.0. The molecule has 2 aliphatic heterocycles. The standard InChI is InChI=1S/C49H69N5O8/c1-9-15-36(40(57)39(56)29(2)30-18-19-30)50-43(59)37-24-33(34-25-35(34)44(60)53-23-20-31-16-11-12-17-32(31)27-53)28-54(37)45(61)41(47(3,4)5)51-46(62)52-49(21-13-10-14-22-49)26-38(55)42(58)48(6,7)8/h11-12,16-17,30,33-37,41H,2,9-10,13-15,18-28H2,1,3-8H3,(H,50,59)(H2,51,52,62). The van der Waals surface area contributed by atoms with Crippen molar-refractivity contribution in [2.45, 2.75) is 162 Å². The van der Waals surface area contributed by atoms with Gasteiger partial charge in [-0.05, 0) is 91.2 Å². The smallest absolute Gasteiger partial charge is 0.315 e. The minimum Gasteiger partial charge on any atom is -0.344 e. The molecule has 3 N–H and O–H groups in total. The van der Waals surface area contributed by atoms with Crippen LogP contribution in [0.25, 0.3) is 0 Å². The normalized spacial score (nSPS) is 24.2. The van der Waals surface area contributed by atoms with Crippen molar-refractivity contribution in [3.05, 3.63) is 47.5 Å². The van der Waals surface area contributed by atoms with Gasteiger partial charge < -0.3 is 25.8 Å². The lowest BCUT2D eigenvalue weighted by molar-refractivity contribution is -0.143. The van der Waals surface area contributed by atoms with Gasteiger partial charge in [-0.1, -0.05) is 105 Å². The number of carbonyl (C=O) groups excluding carboxylic acids is 8. The lowest BCUT2D eigenvalue weighted by atomic mass is 9.75. The lowest BCUT2D eigenvalue weighted by Gasteiger charge is -2.40. The van der Waals surface area contributed by atoms with Crippen LogP contribution in [0.1, 0.15) is 137 Å². The Bertz CT molecular complexity index is 1970. The van der Waals surface area contributed by atoms with Crippen molar-refractivity contribution in [2.24, 2.45) is 34.5 Å². The molecule has 3 aliphatic carbocycles. The number of allylic oxidation sites excluding steroid dienone is 1. The molecule has 6 rings (SSSR count). The number of hydrogen-bond acceptors (Lipinski definition) is 8. The first kappa shape index (κ1) is 46.8. The Labute approximate surface area is 367 Å². The van der Waals surface area contributed by atoms with Gasteiger partial charge in [0.25, 0.3) is 0 Å². The molecule has 2 heterocycles.